The van der Waals surface area contributed by atoms with E-state index in [4.69, 9.17) is 0 Å². The van der Waals surface area contributed by atoms with Gasteiger partial charge >= 0.3 is 0 Å². The molecular formula is C34H29FeO2P2-. The second-order valence-corrected chi connectivity index (χ2v) is 14.5. The van der Waals surface area contributed by atoms with Crippen LogP contribution >= 0.6 is 14.3 Å². The monoisotopic (exact) mass is 587 g/mol. The number of rotatable bonds is 5. The molecule has 6 rings (SSSR count). The fourth-order valence-electron chi connectivity index (χ4n) is 4.61. The Hall–Kier alpha value is -3.28. The normalized spacial score (nSPS) is 12.4. The Balaban J connectivity index is 0.000000176. The van der Waals surface area contributed by atoms with Gasteiger partial charge in [-0.05, 0) is 0 Å². The van der Waals surface area contributed by atoms with E-state index < -0.39 is 14.3 Å². The standard InChI is InChI=1S/C17H15OP.C17H14OP.Fe/c2*18-19(17-13-7-8-14-17,15-9-3-1-4-10-15)16-11-5-2-6-12-16;/h1-14,18H;1-14H;/q;-1;. The SMILES string of the molecule is O=P(c1ccccc1)(c1ccccc1)[c-]1cccc1.OP(=C1C=CC=C1)(c1ccccc1)c1ccccc1.[Fe]. The average molecular weight is 587 g/mol. The van der Waals surface area contributed by atoms with Gasteiger partial charge in [-0.25, -0.2) is 12.1 Å². The second kappa shape index (κ2) is 13.2. The van der Waals surface area contributed by atoms with E-state index >= 15 is 0 Å². The van der Waals surface area contributed by atoms with Crippen molar-refractivity contribution in [3.63, 3.8) is 0 Å². The first-order valence-corrected chi connectivity index (χ1v) is 16.0. The van der Waals surface area contributed by atoms with Crippen LogP contribution in [0.3, 0.4) is 0 Å². The molecule has 5 aromatic carbocycles. The summed E-state index contributed by atoms with van der Waals surface area (Å²) in [6.45, 7) is 0. The van der Waals surface area contributed by atoms with Crippen LogP contribution < -0.4 is 26.5 Å². The van der Waals surface area contributed by atoms with Crippen LogP contribution in [-0.2, 0) is 21.6 Å². The van der Waals surface area contributed by atoms with Crippen molar-refractivity contribution in [2.75, 3.05) is 0 Å². The maximum atomic E-state index is 13.7. The van der Waals surface area contributed by atoms with Gasteiger partial charge in [0.1, 0.15) is 7.14 Å². The van der Waals surface area contributed by atoms with Crippen LogP contribution in [0.2, 0.25) is 0 Å². The fourth-order valence-corrected chi connectivity index (χ4v) is 9.99. The Labute approximate surface area is 241 Å². The van der Waals surface area contributed by atoms with Crippen LogP contribution in [0.25, 0.3) is 0 Å². The molecule has 1 aliphatic carbocycles. The molecule has 0 fully saturated rings. The average Bonchev–Trinajstić information content (AvgIpc) is 3.75. The smallest absolute Gasteiger partial charge is 0.122 e. The first kappa shape index (κ1) is 28.7. The molecule has 0 atom stereocenters. The van der Waals surface area contributed by atoms with Gasteiger partial charge in [-0.15, -0.1) is 0 Å². The van der Waals surface area contributed by atoms with E-state index in [0.717, 1.165) is 31.8 Å². The van der Waals surface area contributed by atoms with E-state index in [1.807, 2.05) is 170 Å². The molecular weight excluding hydrogens is 558 g/mol. The van der Waals surface area contributed by atoms with E-state index in [1.54, 1.807) is 0 Å². The summed E-state index contributed by atoms with van der Waals surface area (Å²) in [5.74, 6) is 0. The summed E-state index contributed by atoms with van der Waals surface area (Å²) >= 11 is 0. The Morgan fingerprint density at radius 1 is 0.487 bits per heavy atom. The van der Waals surface area contributed by atoms with Gasteiger partial charge in [0.15, 0.2) is 0 Å². The second-order valence-electron chi connectivity index (χ2n) is 8.87. The van der Waals surface area contributed by atoms with E-state index in [-0.39, 0.29) is 17.1 Å². The molecule has 0 radical (unpaired) electrons. The van der Waals surface area contributed by atoms with Gasteiger partial charge < -0.3 is 9.46 Å². The molecule has 1 N–H and O–H groups in total. The molecule has 2 nitrogen and oxygen atoms in total. The first-order valence-electron chi connectivity index (χ1n) is 12.5. The van der Waals surface area contributed by atoms with Crippen LogP contribution in [0.4, 0.5) is 0 Å². The number of benzene rings is 4. The zero-order valence-electron chi connectivity index (χ0n) is 21.3. The van der Waals surface area contributed by atoms with Crippen molar-refractivity contribution < 1.29 is 26.5 Å². The van der Waals surface area contributed by atoms with E-state index in [1.165, 1.54) is 0 Å². The van der Waals surface area contributed by atoms with Crippen molar-refractivity contribution in [2.24, 2.45) is 0 Å². The predicted molar refractivity (Wildman–Crippen MR) is 166 cm³/mol. The number of allylic oxidation sites excluding steroid dienone is 4. The summed E-state index contributed by atoms with van der Waals surface area (Å²) in [4.78, 5) is 11.4. The summed E-state index contributed by atoms with van der Waals surface area (Å²) in [7, 11) is -5.21. The van der Waals surface area contributed by atoms with Gasteiger partial charge in [0.05, 0.1) is 7.11 Å². The molecule has 0 aromatic heterocycles. The van der Waals surface area contributed by atoms with Crippen LogP contribution in [0.15, 0.2) is 170 Å². The molecule has 5 aromatic rings. The molecule has 0 saturated heterocycles. The minimum Gasteiger partial charge on any atom is -0.366 e. The van der Waals surface area contributed by atoms with E-state index in [9.17, 15) is 9.46 Å². The van der Waals surface area contributed by atoms with Gasteiger partial charge in [-0.1, -0.05) is 151 Å². The van der Waals surface area contributed by atoms with Gasteiger partial charge in [0, 0.05) is 43.6 Å². The molecule has 0 bridgehead atoms. The zero-order chi connectivity index (χ0) is 26.3. The summed E-state index contributed by atoms with van der Waals surface area (Å²) in [5, 5.41) is 5.65. The van der Waals surface area contributed by atoms with Gasteiger partial charge in [-0.2, -0.15) is 12.1 Å². The van der Waals surface area contributed by atoms with Crippen molar-refractivity contribution in [3.8, 4) is 0 Å². The summed E-state index contributed by atoms with van der Waals surface area (Å²) in [5.41, 5.74) is 0. The fraction of sp³-hybridized carbons (Fsp3) is 0. The molecule has 39 heavy (non-hydrogen) atoms. The molecule has 0 saturated carbocycles. The Morgan fingerprint density at radius 3 is 1.18 bits per heavy atom. The minimum absolute atomic E-state index is 0. The number of hydrogen-bond donors (Lipinski definition) is 1. The van der Waals surface area contributed by atoms with Crippen LogP contribution in [0.1, 0.15) is 0 Å². The molecule has 0 unspecified atom stereocenters. The van der Waals surface area contributed by atoms with Crippen molar-refractivity contribution in [2.45, 2.75) is 0 Å². The van der Waals surface area contributed by atoms with E-state index in [0.29, 0.717) is 0 Å². The third-order valence-electron chi connectivity index (χ3n) is 6.53. The van der Waals surface area contributed by atoms with Gasteiger partial charge in [0.2, 0.25) is 0 Å². The quantitative estimate of drug-likeness (QED) is 0.158. The molecule has 0 aliphatic heterocycles. The topological polar surface area (TPSA) is 37.3 Å². The Bertz CT molecular complexity index is 1520. The molecule has 5 heteroatoms. The van der Waals surface area contributed by atoms with Crippen LogP contribution in [0.5, 0.6) is 0 Å². The number of hydrogen-bond acceptors (Lipinski definition) is 2. The molecule has 1 aliphatic rings. The van der Waals surface area contributed by atoms with E-state index in [2.05, 4.69) is 0 Å². The molecule has 0 amide bonds. The Morgan fingerprint density at radius 2 is 0.821 bits per heavy atom. The van der Waals surface area contributed by atoms with Crippen molar-refractivity contribution in [1.29, 1.82) is 0 Å². The summed E-state index contributed by atoms with van der Waals surface area (Å²) in [6, 6.07) is 47.1. The van der Waals surface area contributed by atoms with Crippen LogP contribution in [0, 0.1) is 0 Å². The largest absolute Gasteiger partial charge is 0.366 e. The third kappa shape index (κ3) is 6.00. The van der Waals surface area contributed by atoms with Crippen molar-refractivity contribution in [3.05, 3.63) is 170 Å². The summed E-state index contributed by atoms with van der Waals surface area (Å²) < 4.78 is 13.7. The molecule has 0 spiro atoms. The molecule has 196 valence electrons. The Kier molecular flexibility index (Phi) is 9.71. The van der Waals surface area contributed by atoms with Crippen molar-refractivity contribution in [1.82, 2.24) is 0 Å². The maximum absolute atomic E-state index is 13.7. The predicted octanol–water partition coefficient (Wildman–Crippen LogP) is 5.90. The van der Waals surface area contributed by atoms with Gasteiger partial charge in [0.25, 0.3) is 0 Å². The third-order valence-corrected chi connectivity index (χ3v) is 12.7. The first-order chi connectivity index (χ1) is 18.6. The molecule has 0 heterocycles. The zero-order valence-corrected chi connectivity index (χ0v) is 24.2. The van der Waals surface area contributed by atoms with Crippen LogP contribution in [-0.4, -0.2) is 10.2 Å². The maximum Gasteiger partial charge on any atom is 0.122 e. The minimum atomic E-state index is -2.73. The summed E-state index contributed by atoms with van der Waals surface area (Å²) in [6.07, 6.45) is 7.97. The van der Waals surface area contributed by atoms with Crippen molar-refractivity contribution >= 4 is 46.1 Å². The van der Waals surface area contributed by atoms with Gasteiger partial charge in [-0.3, -0.25) is 0 Å².